The summed E-state index contributed by atoms with van der Waals surface area (Å²) in [6, 6.07) is 0.248. The Balaban J connectivity index is 0.000000822. The van der Waals surface area contributed by atoms with E-state index in [0.717, 1.165) is 56.8 Å². The smallest absolute Gasteiger partial charge is 0.432 e. The minimum Gasteiger partial charge on any atom is -0.432 e. The first kappa shape index (κ1) is 51.0. The third-order valence-electron chi connectivity index (χ3n) is 10.8. The van der Waals surface area contributed by atoms with Gasteiger partial charge in [-0.1, -0.05) is 120 Å². The maximum Gasteiger partial charge on any atom is 0.508 e. The average Bonchev–Trinajstić information content (AvgIpc) is 4.00. The second-order valence-corrected chi connectivity index (χ2v) is 16.7. The number of piperidine rings is 1. The molecule has 0 aromatic carbocycles. The number of carbonyl (C=O) groups is 4. The normalized spacial score (nSPS) is 21.8. The van der Waals surface area contributed by atoms with Gasteiger partial charge < -0.3 is 30.7 Å². The van der Waals surface area contributed by atoms with Crippen molar-refractivity contribution in [2.24, 2.45) is 40.7 Å². The molecule has 0 radical (unpaired) electrons. The van der Waals surface area contributed by atoms with Gasteiger partial charge in [0.2, 0.25) is 12.3 Å². The second kappa shape index (κ2) is 26.7. The van der Waals surface area contributed by atoms with Crippen molar-refractivity contribution in [2.75, 3.05) is 13.2 Å². The Kier molecular flexibility index (Phi) is 25.2. The molecular weight excluding hydrogens is 681 g/mol. The van der Waals surface area contributed by atoms with E-state index in [-0.39, 0.29) is 41.3 Å². The molecule has 2 amide bonds. The number of nitrogens with two attached hydrogens (primary N) is 1. The number of ketones is 1. The zero-order valence-electron chi connectivity index (χ0n) is 36.6. The summed E-state index contributed by atoms with van der Waals surface area (Å²) in [5.74, 6) is 3.58. The number of Topliss-reactive ketones (excluding diaryl/α,β-unsaturated/α-hetero) is 1. The van der Waals surface area contributed by atoms with Gasteiger partial charge in [-0.15, -0.1) is 0 Å². The quantitative estimate of drug-likeness (QED) is 0.0757. The summed E-state index contributed by atoms with van der Waals surface area (Å²) >= 11 is 0. The van der Waals surface area contributed by atoms with Crippen LogP contribution in [0.3, 0.4) is 0 Å². The van der Waals surface area contributed by atoms with Crippen LogP contribution in [0.1, 0.15) is 160 Å². The van der Waals surface area contributed by atoms with Crippen LogP contribution < -0.4 is 16.4 Å². The van der Waals surface area contributed by atoms with Gasteiger partial charge in [0, 0.05) is 18.2 Å². The van der Waals surface area contributed by atoms with Gasteiger partial charge in [-0.2, -0.15) is 0 Å². The summed E-state index contributed by atoms with van der Waals surface area (Å²) in [7, 11) is 0. The largest absolute Gasteiger partial charge is 0.508 e. The van der Waals surface area contributed by atoms with Crippen LogP contribution >= 0.6 is 0 Å². The van der Waals surface area contributed by atoms with Crippen LogP contribution in [0.25, 0.3) is 0 Å². The van der Waals surface area contributed by atoms with E-state index in [2.05, 4.69) is 72.3 Å². The maximum atomic E-state index is 11.8. The Labute approximate surface area is 330 Å². The average molecular weight is 763 g/mol. The fraction of sp³-hybridized carbons (Fsp3) is 0.818. The molecule has 10 heteroatoms. The van der Waals surface area contributed by atoms with Crippen molar-refractivity contribution in [3.8, 4) is 0 Å². The Morgan fingerprint density at radius 3 is 1.91 bits per heavy atom. The molecule has 4 aliphatic rings. The number of primary amides is 1. The number of ether oxygens (including phenoxy) is 2. The van der Waals surface area contributed by atoms with Crippen molar-refractivity contribution in [3.05, 3.63) is 24.6 Å². The summed E-state index contributed by atoms with van der Waals surface area (Å²) in [6.07, 6.45) is 14.1. The number of fused-ring (bicyclic) bond motifs is 1. The summed E-state index contributed by atoms with van der Waals surface area (Å²) in [6.45, 7) is 33.5. The molecule has 3 aliphatic carbocycles. The number of likely N-dealkylation sites (tertiary alicyclic amines) is 1. The topological polar surface area (TPSA) is 140 Å². The lowest BCUT2D eigenvalue weighted by Crippen LogP contribution is -2.45. The standard InChI is InChI=1S/C21H40N2O3.C10H17NO.C8H11NO2.C3H8.C2H6/c1-8-15(2)26-20(24)25-14-19(13-18-11-9-10-12-18)23-17(4)22-16(3)21(5,6)7;1-3-9(6-8-4-5-8)7(2)10(11)12;1-5(11)8-7-2-6(7)3-9(8)4-10;1-3-2;1-2/h15-16,18-19,22-23H,4,8-14H2,1-3,5-7H3;8-9H,2-6H2,1H3,(H2,11,12);4,6-8H,2-3H2,1H3;3H2,1-2H3;1-2H3/t15?,16?,19-;;6-,7-,8?;;/m0.0../s1. The number of carbonyl (C=O) groups excluding carboxylic acids is 4. The zero-order valence-corrected chi connectivity index (χ0v) is 36.6. The maximum absolute atomic E-state index is 11.8. The SMILES string of the molecule is C=C(C(N)=O)C(CC)CC1CC1.C=C(NC(C)C(C)(C)C)N[C@H](COC(=O)OC(C)CC)CC1CCCC1.CC.CC(=O)C1[C@H]2C[C@H]2CN1C=O.CCC. The molecule has 3 saturated carbocycles. The van der Waals surface area contributed by atoms with E-state index < -0.39 is 6.16 Å². The van der Waals surface area contributed by atoms with E-state index in [0.29, 0.717) is 35.9 Å². The first-order chi connectivity index (χ1) is 25.4. The molecule has 1 heterocycles. The highest BCUT2D eigenvalue weighted by Crippen LogP contribution is 2.49. The molecular formula is C44H82N4O6. The number of rotatable bonds is 17. The van der Waals surface area contributed by atoms with Crippen LogP contribution in [0.4, 0.5) is 4.79 Å². The molecule has 0 spiro atoms. The molecule has 4 N–H and O–H groups in total. The Morgan fingerprint density at radius 1 is 0.926 bits per heavy atom. The first-order valence-electron chi connectivity index (χ1n) is 21.2. The van der Waals surface area contributed by atoms with Crippen molar-refractivity contribution >= 4 is 24.3 Å². The molecule has 0 aromatic rings. The van der Waals surface area contributed by atoms with Crippen molar-refractivity contribution in [2.45, 2.75) is 184 Å². The van der Waals surface area contributed by atoms with Gasteiger partial charge in [0.1, 0.15) is 12.7 Å². The zero-order chi connectivity index (χ0) is 41.6. The molecule has 4 unspecified atom stereocenters. The third kappa shape index (κ3) is 20.6. The summed E-state index contributed by atoms with van der Waals surface area (Å²) in [5.41, 5.74) is 5.93. The monoisotopic (exact) mass is 763 g/mol. The molecule has 1 aliphatic heterocycles. The molecule has 10 nitrogen and oxygen atoms in total. The molecule has 0 bridgehead atoms. The molecule has 314 valence electrons. The molecule has 4 fully saturated rings. The van der Waals surface area contributed by atoms with Gasteiger partial charge in [-0.25, -0.2) is 4.79 Å². The minimum absolute atomic E-state index is 0.0507. The Hall–Kier alpha value is -3.04. The van der Waals surface area contributed by atoms with Crippen molar-refractivity contribution in [1.82, 2.24) is 15.5 Å². The number of amides is 2. The van der Waals surface area contributed by atoms with Gasteiger partial charge in [0.25, 0.3) is 0 Å². The lowest BCUT2D eigenvalue weighted by atomic mass is 9.88. The first-order valence-corrected chi connectivity index (χ1v) is 21.2. The Bertz CT molecular complexity index is 1130. The highest BCUT2D eigenvalue weighted by Gasteiger charge is 2.53. The van der Waals surface area contributed by atoms with Gasteiger partial charge in [-0.3, -0.25) is 14.4 Å². The highest BCUT2D eigenvalue weighted by atomic mass is 16.7. The van der Waals surface area contributed by atoms with Crippen LogP contribution in [0, 0.1) is 35.0 Å². The molecule has 1 saturated heterocycles. The van der Waals surface area contributed by atoms with Crippen molar-refractivity contribution in [1.29, 1.82) is 0 Å². The van der Waals surface area contributed by atoms with Crippen molar-refractivity contribution in [3.63, 3.8) is 0 Å². The van der Waals surface area contributed by atoms with Gasteiger partial charge in [0.15, 0.2) is 5.78 Å². The van der Waals surface area contributed by atoms with E-state index in [1.54, 1.807) is 11.8 Å². The summed E-state index contributed by atoms with van der Waals surface area (Å²) in [5, 5.41) is 6.86. The van der Waals surface area contributed by atoms with Crippen LogP contribution in [0.15, 0.2) is 24.6 Å². The second-order valence-electron chi connectivity index (χ2n) is 16.7. The van der Waals surface area contributed by atoms with Crippen LogP contribution in [-0.4, -0.2) is 66.5 Å². The van der Waals surface area contributed by atoms with Crippen LogP contribution in [0.5, 0.6) is 0 Å². The van der Waals surface area contributed by atoms with E-state index >= 15 is 0 Å². The van der Waals surface area contributed by atoms with Crippen LogP contribution in [0.2, 0.25) is 0 Å². The molecule has 54 heavy (non-hydrogen) atoms. The highest BCUT2D eigenvalue weighted by molar-refractivity contribution is 5.91. The molecule has 7 atom stereocenters. The van der Waals surface area contributed by atoms with Gasteiger partial charge in [-0.05, 0) is 87.9 Å². The number of hydrogen-bond donors (Lipinski definition) is 3. The third-order valence-corrected chi connectivity index (χ3v) is 10.8. The lowest BCUT2D eigenvalue weighted by Gasteiger charge is -2.32. The van der Waals surface area contributed by atoms with Gasteiger partial charge in [0.05, 0.1) is 17.9 Å². The molecule has 4 rings (SSSR count). The van der Waals surface area contributed by atoms with E-state index in [9.17, 15) is 19.2 Å². The summed E-state index contributed by atoms with van der Waals surface area (Å²) in [4.78, 5) is 45.8. The Morgan fingerprint density at radius 2 is 1.48 bits per heavy atom. The van der Waals surface area contributed by atoms with Crippen molar-refractivity contribution < 1.29 is 28.7 Å². The summed E-state index contributed by atoms with van der Waals surface area (Å²) < 4.78 is 10.6. The number of nitrogens with one attached hydrogen (secondary N) is 2. The fourth-order valence-electron chi connectivity index (χ4n) is 6.69. The van der Waals surface area contributed by atoms with Crippen LogP contribution in [-0.2, 0) is 23.9 Å². The number of hydrogen-bond acceptors (Lipinski definition) is 8. The predicted molar refractivity (Wildman–Crippen MR) is 222 cm³/mol. The van der Waals surface area contributed by atoms with E-state index in [4.69, 9.17) is 15.2 Å². The fourth-order valence-corrected chi connectivity index (χ4v) is 6.69. The van der Waals surface area contributed by atoms with Gasteiger partial charge >= 0.3 is 6.16 Å². The predicted octanol–water partition coefficient (Wildman–Crippen LogP) is 9.32. The van der Waals surface area contributed by atoms with E-state index in [1.165, 1.54) is 44.9 Å². The number of nitrogens with zero attached hydrogens (tertiary/aromatic N) is 1. The minimum atomic E-state index is -0.584. The molecule has 0 aromatic heterocycles. The van der Waals surface area contributed by atoms with E-state index in [1.807, 2.05) is 27.7 Å². The lowest BCUT2D eigenvalue weighted by molar-refractivity contribution is -0.129.